The fraction of sp³-hybridized carbons (Fsp3) is 0.213. The van der Waals surface area contributed by atoms with Crippen molar-refractivity contribution in [1.29, 1.82) is 0 Å². The molecule has 0 aliphatic rings. The Labute approximate surface area is 425 Å². The van der Waals surface area contributed by atoms with E-state index in [-0.39, 0.29) is 89.8 Å². The van der Waals surface area contributed by atoms with E-state index in [9.17, 15) is 2.74 Å². The summed E-state index contributed by atoms with van der Waals surface area (Å²) in [5, 5.41) is 0.716. The zero-order chi connectivity index (χ0) is 55.6. The van der Waals surface area contributed by atoms with E-state index in [1.807, 2.05) is 57.7 Å². The maximum atomic E-state index is 9.20. The van der Waals surface area contributed by atoms with Gasteiger partial charge in [0.2, 0.25) is 0 Å². The molecule has 3 aromatic heterocycles. The summed E-state index contributed by atoms with van der Waals surface area (Å²) in [5.41, 5.74) is 6.38. The fourth-order valence-electron chi connectivity index (χ4n) is 8.36. The van der Waals surface area contributed by atoms with Crippen LogP contribution in [0, 0.1) is 23.9 Å². The smallest absolute Gasteiger partial charge is 0.268 e. The second kappa shape index (κ2) is 17.6. The molecule has 67 heavy (non-hydrogen) atoms. The van der Waals surface area contributed by atoms with Crippen molar-refractivity contribution in [3.8, 4) is 50.9 Å². The first kappa shape index (κ1) is 33.8. The quantitative estimate of drug-likeness (QED) is 0.112. The van der Waals surface area contributed by atoms with Crippen molar-refractivity contribution in [2.24, 2.45) is 5.41 Å². The molecule has 5 nitrogen and oxygen atoms in total. The third kappa shape index (κ3) is 9.02. The normalized spacial score (nSPS) is 14.7. The third-order valence-corrected chi connectivity index (χ3v) is 11.6. The van der Waals surface area contributed by atoms with Gasteiger partial charge in [-0.25, -0.2) is 4.98 Å². The minimum atomic E-state index is -1.80. The first-order valence-corrected chi connectivity index (χ1v) is 22.1. The van der Waals surface area contributed by atoms with Gasteiger partial charge in [0.25, 0.3) is 6.33 Å². The van der Waals surface area contributed by atoms with E-state index in [1.165, 1.54) is 6.20 Å². The SMILES string of the molecule is [2H]c1c([2H])c([2H])c(-c2cccc(-c3cc(C(C)(C)C)cc(C(C)(C)C)c3)c2-[n+]2[c-]n(-c3[c-]c(Oc4[c-]c5c(cc4)c4c([2H])c([2H])c([2H])c([2H])c4n5-c4cc(C([2H])([2H])C(C)(C)C)ccn4)ccc3)c3ccccc32)c([2H])c1[2H].[Pt]. The molecule has 0 saturated heterocycles. The minimum absolute atomic E-state index is 0. The van der Waals surface area contributed by atoms with E-state index in [4.69, 9.17) is 17.1 Å². The van der Waals surface area contributed by atoms with Crippen LogP contribution in [0.5, 0.6) is 11.5 Å². The van der Waals surface area contributed by atoms with Crippen LogP contribution >= 0.6 is 0 Å². The summed E-state index contributed by atoms with van der Waals surface area (Å²) in [7, 11) is 0. The Balaban J connectivity index is 0.00000740. The standard InChI is InChI=1S/C61H56N4O.Pt/c1-59(2,3)39-41-31-32-62-57(33-41)65-53-26-14-13-23-51(53)52-30-29-48(38-56(52)65)66-47-22-17-21-46(37-47)63-40-64(55-28-16-15-27-54(55)63)58-49(42-19-11-10-12-20-42)24-18-25-50(58)43-34-44(60(4,5)6)36-45(35-43)61(7,8)9;/h10-36H,39H2,1-9H3;/q-2;/i10D,11D,12D,13D,14D,19D,20D,23D,26D,39D2;. The average Bonchev–Trinajstić information content (AvgIpc) is 4.17. The van der Waals surface area contributed by atoms with Crippen LogP contribution in [-0.4, -0.2) is 14.1 Å². The van der Waals surface area contributed by atoms with Crippen LogP contribution in [0.4, 0.5) is 0 Å². The summed E-state index contributed by atoms with van der Waals surface area (Å²) in [6, 6.07) is 35.3. The zero-order valence-corrected chi connectivity index (χ0v) is 41.2. The molecule has 10 rings (SSSR count). The molecule has 0 fully saturated rings. The van der Waals surface area contributed by atoms with Gasteiger partial charge in [0.15, 0.2) is 0 Å². The van der Waals surface area contributed by atoms with Crippen LogP contribution in [0.3, 0.4) is 0 Å². The van der Waals surface area contributed by atoms with Crippen molar-refractivity contribution in [3.63, 3.8) is 0 Å². The van der Waals surface area contributed by atoms with E-state index in [2.05, 4.69) is 83.2 Å². The Hall–Kier alpha value is -6.55. The summed E-state index contributed by atoms with van der Waals surface area (Å²) in [4.78, 5) is 4.63. The molecule has 0 unspecified atom stereocenters. The Kier molecular flexibility index (Phi) is 8.89. The van der Waals surface area contributed by atoms with Gasteiger partial charge in [-0.1, -0.05) is 177 Å². The average molecular weight is 1070 g/mol. The number of para-hydroxylation sites is 4. The Bertz CT molecular complexity index is 4010. The number of rotatable bonds is 8. The summed E-state index contributed by atoms with van der Waals surface area (Å²) >= 11 is 0. The second-order valence-electron chi connectivity index (χ2n) is 19.7. The van der Waals surface area contributed by atoms with E-state index in [1.54, 1.807) is 61.7 Å². The Morgan fingerprint density at radius 1 is 0.642 bits per heavy atom. The Morgan fingerprint density at radius 3 is 2.04 bits per heavy atom. The zero-order valence-electron chi connectivity index (χ0n) is 49.9. The van der Waals surface area contributed by atoms with Crippen LogP contribution < -0.4 is 9.30 Å². The number of nitrogens with zero attached hydrogens (tertiary/aromatic N) is 4. The summed E-state index contributed by atoms with van der Waals surface area (Å²) in [6.45, 7) is 18.4. The van der Waals surface area contributed by atoms with Crippen molar-refractivity contribution < 1.29 is 45.4 Å². The molecule has 0 spiro atoms. The molecule has 338 valence electrons. The van der Waals surface area contributed by atoms with Gasteiger partial charge < -0.3 is 13.9 Å². The van der Waals surface area contributed by atoms with Crippen LogP contribution in [0.2, 0.25) is 0 Å². The molecule has 0 amide bonds. The Morgan fingerprint density at radius 2 is 1.31 bits per heavy atom. The number of hydrogen-bond acceptors (Lipinski definition) is 2. The van der Waals surface area contributed by atoms with Gasteiger partial charge in [-0.2, -0.15) is 18.2 Å². The largest absolute Gasteiger partial charge is 0.510 e. The number of hydrogen-bond donors (Lipinski definition) is 0. The number of aromatic nitrogens is 4. The molecule has 0 N–H and O–H groups in total. The molecule has 10 aromatic rings. The molecule has 6 heteroatoms. The molecule has 0 aliphatic heterocycles. The maximum Gasteiger partial charge on any atom is 0.268 e. The van der Waals surface area contributed by atoms with Crippen LogP contribution in [0.25, 0.3) is 72.3 Å². The van der Waals surface area contributed by atoms with Gasteiger partial charge in [0.1, 0.15) is 5.82 Å². The molecule has 0 bridgehead atoms. The summed E-state index contributed by atoms with van der Waals surface area (Å²) in [5.74, 6) is 0.751. The monoisotopic (exact) mass is 1070 g/mol. The number of imidazole rings is 1. The number of benzene rings is 7. The molecule has 0 radical (unpaired) electrons. The van der Waals surface area contributed by atoms with Crippen molar-refractivity contribution in [2.75, 3.05) is 0 Å². The predicted molar refractivity (Wildman–Crippen MR) is 271 cm³/mol. The fourth-order valence-corrected chi connectivity index (χ4v) is 8.36. The van der Waals surface area contributed by atoms with E-state index in [0.717, 1.165) is 22.3 Å². The first-order chi connectivity index (χ1) is 36.1. The molecule has 7 aromatic carbocycles. The summed E-state index contributed by atoms with van der Waals surface area (Å²) in [6.07, 6.45) is 3.29. The van der Waals surface area contributed by atoms with Crippen LogP contribution in [0.1, 0.15) is 94.1 Å². The molecular weight excluding hydrogens is 1000 g/mol. The number of fused-ring (bicyclic) bond motifs is 4. The minimum Gasteiger partial charge on any atom is -0.510 e. The maximum absolute atomic E-state index is 9.20. The molecule has 3 heterocycles. The summed E-state index contributed by atoms with van der Waals surface area (Å²) < 4.78 is 110. The molecule has 0 atom stereocenters. The number of ether oxygens (including phenoxy) is 1. The third-order valence-electron chi connectivity index (χ3n) is 11.6. The second-order valence-corrected chi connectivity index (χ2v) is 19.7. The van der Waals surface area contributed by atoms with E-state index >= 15 is 0 Å². The van der Waals surface area contributed by atoms with Gasteiger partial charge in [-0.3, -0.25) is 4.57 Å². The van der Waals surface area contributed by atoms with Crippen molar-refractivity contribution in [1.82, 2.24) is 14.1 Å². The predicted octanol–water partition coefficient (Wildman–Crippen LogP) is 15.1. The van der Waals surface area contributed by atoms with Crippen molar-refractivity contribution in [2.45, 2.75) is 79.5 Å². The van der Waals surface area contributed by atoms with Crippen LogP contribution in [0.15, 0.2) is 164 Å². The van der Waals surface area contributed by atoms with Gasteiger partial charge >= 0.3 is 0 Å². The van der Waals surface area contributed by atoms with Crippen molar-refractivity contribution in [3.05, 3.63) is 199 Å². The topological polar surface area (TPSA) is 35.9 Å². The molecular formula is C61H56N4OPt-2. The van der Waals surface area contributed by atoms with Gasteiger partial charge in [-0.05, 0) is 90.8 Å². The van der Waals surface area contributed by atoms with E-state index in [0.29, 0.717) is 44.4 Å². The van der Waals surface area contributed by atoms with E-state index < -0.39 is 42.0 Å². The molecule has 0 saturated carbocycles. The van der Waals surface area contributed by atoms with Crippen molar-refractivity contribution >= 4 is 32.8 Å². The number of pyridine rings is 1. The van der Waals surface area contributed by atoms with Gasteiger partial charge in [0, 0.05) is 47.0 Å². The molecule has 0 aliphatic carbocycles. The van der Waals surface area contributed by atoms with Gasteiger partial charge in [-0.15, -0.1) is 29.7 Å². The van der Waals surface area contributed by atoms with Crippen LogP contribution in [-0.2, 0) is 38.3 Å². The van der Waals surface area contributed by atoms with Gasteiger partial charge in [0.05, 0.1) is 29.1 Å². The first-order valence-electron chi connectivity index (χ1n) is 27.6.